The van der Waals surface area contributed by atoms with E-state index in [2.05, 4.69) is 15.0 Å². The van der Waals surface area contributed by atoms with E-state index in [1.54, 1.807) is 17.0 Å². The van der Waals surface area contributed by atoms with Crippen LogP contribution in [0, 0.1) is 5.92 Å². The van der Waals surface area contributed by atoms with Crippen molar-refractivity contribution >= 4 is 5.82 Å². The van der Waals surface area contributed by atoms with E-state index < -0.39 is 18.0 Å². The van der Waals surface area contributed by atoms with Crippen molar-refractivity contribution in [1.82, 2.24) is 15.0 Å². The molecule has 1 aliphatic heterocycles. The minimum absolute atomic E-state index is 0.00432. The Labute approximate surface area is 137 Å². The van der Waals surface area contributed by atoms with E-state index in [9.17, 15) is 18.3 Å². The SMILES string of the molecule is CC1CCN(c2cc(C(F)(F)F)nc(-c3ccncc3)n2)CC1O. The number of rotatable bonds is 2. The average molecular weight is 338 g/mol. The maximum Gasteiger partial charge on any atom is 0.433 e. The number of pyridine rings is 1. The molecule has 2 aromatic rings. The second-order valence-corrected chi connectivity index (χ2v) is 5.95. The lowest BCUT2D eigenvalue weighted by molar-refractivity contribution is -0.141. The number of alkyl halides is 3. The number of hydrogen-bond acceptors (Lipinski definition) is 5. The molecule has 3 rings (SSSR count). The van der Waals surface area contributed by atoms with Gasteiger partial charge in [0.2, 0.25) is 0 Å². The molecule has 1 saturated heterocycles. The van der Waals surface area contributed by atoms with Crippen molar-refractivity contribution in [3.8, 4) is 11.4 Å². The predicted molar refractivity (Wildman–Crippen MR) is 82.3 cm³/mol. The van der Waals surface area contributed by atoms with Crippen LogP contribution in [0.25, 0.3) is 11.4 Å². The third-order valence-corrected chi connectivity index (χ3v) is 4.18. The van der Waals surface area contributed by atoms with E-state index in [0.29, 0.717) is 18.5 Å². The lowest BCUT2D eigenvalue weighted by Crippen LogP contribution is -2.43. The Bertz CT molecular complexity index is 708. The molecule has 0 aromatic carbocycles. The summed E-state index contributed by atoms with van der Waals surface area (Å²) in [6, 6.07) is 4.06. The molecular formula is C16H17F3N4O. The molecule has 2 unspecified atom stereocenters. The largest absolute Gasteiger partial charge is 0.433 e. The summed E-state index contributed by atoms with van der Waals surface area (Å²) in [4.78, 5) is 13.5. The third kappa shape index (κ3) is 3.48. The Morgan fingerprint density at radius 2 is 1.92 bits per heavy atom. The van der Waals surface area contributed by atoms with Crippen LogP contribution in [0.4, 0.5) is 19.0 Å². The highest BCUT2D eigenvalue weighted by Gasteiger charge is 2.35. The van der Waals surface area contributed by atoms with Crippen LogP contribution in [0.2, 0.25) is 0 Å². The molecule has 1 N–H and O–H groups in total. The standard InChI is InChI=1S/C16H17F3N4O/c1-10-4-7-23(9-12(10)24)14-8-13(16(17,18)19)21-15(22-14)11-2-5-20-6-3-11/h2-3,5-6,8,10,12,24H,4,7,9H2,1H3. The first kappa shape index (κ1) is 16.6. The van der Waals surface area contributed by atoms with E-state index in [4.69, 9.17) is 0 Å². The summed E-state index contributed by atoms with van der Waals surface area (Å²) in [5.41, 5.74) is -0.532. The van der Waals surface area contributed by atoms with Gasteiger partial charge in [0, 0.05) is 37.1 Å². The first-order valence-electron chi connectivity index (χ1n) is 7.64. The second-order valence-electron chi connectivity index (χ2n) is 5.95. The third-order valence-electron chi connectivity index (χ3n) is 4.18. The van der Waals surface area contributed by atoms with Crippen LogP contribution in [-0.4, -0.2) is 39.3 Å². The maximum atomic E-state index is 13.2. The highest BCUT2D eigenvalue weighted by molar-refractivity contribution is 5.57. The quantitative estimate of drug-likeness (QED) is 0.912. The van der Waals surface area contributed by atoms with Crippen LogP contribution in [0.1, 0.15) is 19.0 Å². The fourth-order valence-electron chi connectivity index (χ4n) is 2.63. The van der Waals surface area contributed by atoms with E-state index in [-0.39, 0.29) is 24.1 Å². The highest BCUT2D eigenvalue weighted by Crippen LogP contribution is 2.32. The Kier molecular flexibility index (Phi) is 4.40. The average Bonchev–Trinajstić information content (AvgIpc) is 2.57. The molecule has 128 valence electrons. The molecule has 1 fully saturated rings. The van der Waals surface area contributed by atoms with Gasteiger partial charge in [0.1, 0.15) is 5.82 Å². The molecule has 0 spiro atoms. The van der Waals surface area contributed by atoms with Gasteiger partial charge in [-0.3, -0.25) is 4.98 Å². The lowest BCUT2D eigenvalue weighted by Gasteiger charge is -2.35. The van der Waals surface area contributed by atoms with E-state index in [1.807, 2.05) is 6.92 Å². The second kappa shape index (κ2) is 6.35. The summed E-state index contributed by atoms with van der Waals surface area (Å²) < 4.78 is 39.6. The smallest absolute Gasteiger partial charge is 0.391 e. The maximum absolute atomic E-state index is 13.2. The van der Waals surface area contributed by atoms with Gasteiger partial charge in [0.25, 0.3) is 0 Å². The van der Waals surface area contributed by atoms with Crippen molar-refractivity contribution in [3.63, 3.8) is 0 Å². The van der Waals surface area contributed by atoms with Crippen LogP contribution >= 0.6 is 0 Å². The van der Waals surface area contributed by atoms with Gasteiger partial charge in [-0.25, -0.2) is 9.97 Å². The summed E-state index contributed by atoms with van der Waals surface area (Å²) in [6.07, 6.45) is -1.51. The summed E-state index contributed by atoms with van der Waals surface area (Å²) in [6.45, 7) is 2.72. The number of anilines is 1. The van der Waals surface area contributed by atoms with Crippen LogP contribution in [0.3, 0.4) is 0 Å². The molecule has 0 amide bonds. The van der Waals surface area contributed by atoms with Crippen molar-refractivity contribution < 1.29 is 18.3 Å². The van der Waals surface area contributed by atoms with Gasteiger partial charge in [0.05, 0.1) is 6.10 Å². The molecule has 1 aliphatic rings. The molecule has 0 bridgehead atoms. The number of nitrogens with zero attached hydrogens (tertiary/aromatic N) is 4. The molecule has 5 nitrogen and oxygen atoms in total. The van der Waals surface area contributed by atoms with E-state index >= 15 is 0 Å². The highest BCUT2D eigenvalue weighted by atomic mass is 19.4. The number of hydrogen-bond donors (Lipinski definition) is 1. The topological polar surface area (TPSA) is 62.1 Å². The van der Waals surface area contributed by atoms with E-state index in [1.165, 1.54) is 12.4 Å². The zero-order valence-corrected chi connectivity index (χ0v) is 13.0. The predicted octanol–water partition coefficient (Wildman–Crippen LogP) is 2.76. The Morgan fingerprint density at radius 1 is 1.21 bits per heavy atom. The number of aromatic nitrogens is 3. The molecular weight excluding hydrogens is 321 g/mol. The number of aliphatic hydroxyl groups excluding tert-OH is 1. The molecule has 0 radical (unpaired) electrons. The minimum Gasteiger partial charge on any atom is -0.391 e. The van der Waals surface area contributed by atoms with Crippen molar-refractivity contribution in [3.05, 3.63) is 36.3 Å². The van der Waals surface area contributed by atoms with Crippen molar-refractivity contribution in [1.29, 1.82) is 0 Å². The van der Waals surface area contributed by atoms with E-state index in [0.717, 1.165) is 6.07 Å². The zero-order valence-electron chi connectivity index (χ0n) is 13.0. The molecule has 2 aromatic heterocycles. The molecule has 8 heteroatoms. The van der Waals surface area contributed by atoms with Crippen LogP contribution in [0.15, 0.2) is 30.6 Å². The normalized spacial score (nSPS) is 21.8. The van der Waals surface area contributed by atoms with Gasteiger partial charge in [-0.15, -0.1) is 0 Å². The first-order chi connectivity index (χ1) is 11.3. The molecule has 0 saturated carbocycles. The van der Waals surface area contributed by atoms with Gasteiger partial charge in [0.15, 0.2) is 11.5 Å². The van der Waals surface area contributed by atoms with Crippen molar-refractivity contribution in [2.24, 2.45) is 5.92 Å². The number of aliphatic hydroxyl groups is 1. The molecule has 24 heavy (non-hydrogen) atoms. The number of halogens is 3. The summed E-state index contributed by atoms with van der Waals surface area (Å²) in [5.74, 6) is 0.287. The van der Waals surface area contributed by atoms with Crippen LogP contribution in [0.5, 0.6) is 0 Å². The number of β-amino-alcohol motifs (C(OH)–C–C–N with tert-alkyl or cyclic N) is 1. The Balaban J connectivity index is 2.03. The summed E-state index contributed by atoms with van der Waals surface area (Å²) in [7, 11) is 0. The van der Waals surface area contributed by atoms with Crippen LogP contribution < -0.4 is 4.90 Å². The monoisotopic (exact) mass is 338 g/mol. The van der Waals surface area contributed by atoms with Crippen molar-refractivity contribution in [2.75, 3.05) is 18.0 Å². The molecule has 3 heterocycles. The fraction of sp³-hybridized carbons (Fsp3) is 0.438. The van der Waals surface area contributed by atoms with Gasteiger partial charge in [-0.05, 0) is 24.5 Å². The molecule has 0 aliphatic carbocycles. The summed E-state index contributed by atoms with van der Waals surface area (Å²) >= 11 is 0. The Hall–Kier alpha value is -2.22. The molecule has 2 atom stereocenters. The Morgan fingerprint density at radius 3 is 2.54 bits per heavy atom. The van der Waals surface area contributed by atoms with Crippen LogP contribution in [-0.2, 0) is 6.18 Å². The van der Waals surface area contributed by atoms with Gasteiger partial charge >= 0.3 is 6.18 Å². The first-order valence-corrected chi connectivity index (χ1v) is 7.64. The zero-order chi connectivity index (χ0) is 17.3. The number of piperidine rings is 1. The van der Waals surface area contributed by atoms with Gasteiger partial charge < -0.3 is 10.0 Å². The fourth-order valence-corrected chi connectivity index (χ4v) is 2.63. The summed E-state index contributed by atoms with van der Waals surface area (Å²) in [5, 5.41) is 10.0. The van der Waals surface area contributed by atoms with Gasteiger partial charge in [-0.2, -0.15) is 13.2 Å². The minimum atomic E-state index is -4.57. The van der Waals surface area contributed by atoms with Gasteiger partial charge in [-0.1, -0.05) is 6.92 Å². The van der Waals surface area contributed by atoms with Crippen molar-refractivity contribution in [2.45, 2.75) is 25.6 Å². The lowest BCUT2D eigenvalue weighted by atomic mass is 9.96.